The molecule has 2 atom stereocenters. The van der Waals surface area contributed by atoms with Gasteiger partial charge in [0.1, 0.15) is 22.3 Å². The Hall–Kier alpha value is -7.50. The van der Waals surface area contributed by atoms with E-state index in [1.165, 1.54) is 21.8 Å². The van der Waals surface area contributed by atoms with Gasteiger partial charge in [-0.05, 0) is 102 Å². The Labute approximate surface area is 346 Å². The first-order chi connectivity index (χ1) is 29.6. The molecule has 0 radical (unpaired) electrons. The first-order valence-corrected chi connectivity index (χ1v) is 20.8. The molecule has 0 fully saturated rings. The fraction of sp³-hybridized carbons (Fsp3) is 0.0909. The van der Waals surface area contributed by atoms with E-state index in [-0.39, 0.29) is 12.0 Å². The lowest BCUT2D eigenvalue weighted by molar-refractivity contribution is 0.446. The van der Waals surface area contributed by atoms with Crippen molar-refractivity contribution < 1.29 is 8.83 Å². The molecule has 8 aromatic carbocycles. The summed E-state index contributed by atoms with van der Waals surface area (Å²) in [5.74, 6) is 0.953. The molecule has 0 N–H and O–H groups in total. The number of hydrogen-bond donors (Lipinski definition) is 0. The zero-order valence-corrected chi connectivity index (χ0v) is 33.0. The topological polar surface area (TPSA) is 55.9 Å². The van der Waals surface area contributed by atoms with E-state index in [0.717, 1.165) is 95.9 Å². The first kappa shape index (κ1) is 34.5. The van der Waals surface area contributed by atoms with E-state index in [1.807, 2.05) is 12.1 Å². The maximum atomic E-state index is 6.61. The zero-order valence-electron chi connectivity index (χ0n) is 33.0. The molecule has 3 aromatic heterocycles. The van der Waals surface area contributed by atoms with Crippen LogP contribution in [0.15, 0.2) is 201 Å². The number of hydrogen-bond acceptors (Lipinski definition) is 4. The second-order valence-corrected chi connectivity index (χ2v) is 16.1. The summed E-state index contributed by atoms with van der Waals surface area (Å²) in [4.78, 5) is 11.1. The van der Waals surface area contributed by atoms with Crippen LogP contribution in [0.1, 0.15) is 42.5 Å². The molecule has 2 unspecified atom stereocenters. The summed E-state index contributed by atoms with van der Waals surface area (Å²) in [6.07, 6.45) is 1.78. The molecule has 12 rings (SSSR count). The van der Waals surface area contributed by atoms with Crippen molar-refractivity contribution in [1.82, 2.24) is 4.57 Å². The van der Waals surface area contributed by atoms with Crippen LogP contribution in [-0.4, -0.2) is 16.1 Å². The van der Waals surface area contributed by atoms with Crippen molar-refractivity contribution in [3.63, 3.8) is 0 Å². The predicted octanol–water partition coefficient (Wildman–Crippen LogP) is 14.7. The number of rotatable bonds is 5. The first-order valence-electron chi connectivity index (χ1n) is 20.8. The van der Waals surface area contributed by atoms with Crippen molar-refractivity contribution in [1.29, 1.82) is 0 Å². The van der Waals surface area contributed by atoms with Crippen LogP contribution in [0.4, 0.5) is 0 Å². The molecule has 0 spiro atoms. The fourth-order valence-corrected chi connectivity index (χ4v) is 9.49. The highest BCUT2D eigenvalue weighted by Crippen LogP contribution is 2.41. The lowest BCUT2D eigenvalue weighted by Crippen LogP contribution is -2.18. The minimum absolute atomic E-state index is 0.132. The Morgan fingerprint density at radius 1 is 0.500 bits per heavy atom. The van der Waals surface area contributed by atoms with Gasteiger partial charge in [0.15, 0.2) is 5.84 Å². The summed E-state index contributed by atoms with van der Waals surface area (Å²) in [6.45, 7) is 2.32. The largest absolute Gasteiger partial charge is 0.456 e. The smallest absolute Gasteiger partial charge is 0.156 e. The van der Waals surface area contributed by atoms with E-state index in [2.05, 4.69) is 181 Å². The Bertz CT molecular complexity index is 3510. The van der Waals surface area contributed by atoms with Gasteiger partial charge in [0, 0.05) is 43.6 Å². The summed E-state index contributed by atoms with van der Waals surface area (Å²) < 4.78 is 15.4. The molecule has 0 amide bonds. The van der Waals surface area contributed by atoms with Gasteiger partial charge in [-0.25, -0.2) is 4.99 Å². The summed E-state index contributed by atoms with van der Waals surface area (Å²) in [5.41, 5.74) is 13.5. The van der Waals surface area contributed by atoms with E-state index in [1.54, 1.807) is 0 Å². The molecule has 5 heteroatoms. The fourth-order valence-electron chi connectivity index (χ4n) is 9.49. The molecule has 0 saturated carbocycles. The van der Waals surface area contributed by atoms with Crippen LogP contribution in [0.2, 0.25) is 0 Å². The second kappa shape index (κ2) is 13.8. The number of aliphatic imine (C=N–C) groups is 2. The average Bonchev–Trinajstić information content (AvgIpc) is 3.97. The molecule has 0 saturated heterocycles. The number of fused-ring (bicyclic) bond motifs is 9. The third kappa shape index (κ3) is 5.61. The lowest BCUT2D eigenvalue weighted by atomic mass is 9.88. The van der Waals surface area contributed by atoms with Gasteiger partial charge in [0.2, 0.25) is 0 Å². The van der Waals surface area contributed by atoms with Gasteiger partial charge in [-0.1, -0.05) is 128 Å². The predicted molar refractivity (Wildman–Crippen MR) is 248 cm³/mol. The van der Waals surface area contributed by atoms with E-state index in [4.69, 9.17) is 18.8 Å². The summed E-state index contributed by atoms with van der Waals surface area (Å²) >= 11 is 0. The molecule has 4 heterocycles. The number of furan rings is 2. The van der Waals surface area contributed by atoms with Gasteiger partial charge >= 0.3 is 0 Å². The van der Waals surface area contributed by atoms with Crippen molar-refractivity contribution in [2.75, 3.05) is 0 Å². The molecule has 1 aliphatic heterocycles. The maximum Gasteiger partial charge on any atom is 0.156 e. The van der Waals surface area contributed by atoms with E-state index in [0.29, 0.717) is 5.84 Å². The van der Waals surface area contributed by atoms with Crippen molar-refractivity contribution >= 4 is 77.2 Å². The van der Waals surface area contributed by atoms with Crippen LogP contribution in [0.5, 0.6) is 0 Å². The quantitative estimate of drug-likeness (QED) is 0.175. The van der Waals surface area contributed by atoms with Gasteiger partial charge in [-0.2, -0.15) is 0 Å². The molecule has 0 aliphatic carbocycles. The van der Waals surface area contributed by atoms with Crippen LogP contribution in [0.25, 0.3) is 82.5 Å². The van der Waals surface area contributed by atoms with E-state index >= 15 is 0 Å². The van der Waals surface area contributed by atoms with Crippen LogP contribution in [-0.2, 0) is 0 Å². The lowest BCUT2D eigenvalue weighted by Gasteiger charge is -2.25. The van der Waals surface area contributed by atoms with Crippen molar-refractivity contribution in [2.45, 2.75) is 25.8 Å². The summed E-state index contributed by atoms with van der Waals surface area (Å²) in [6, 6.07) is 64.2. The van der Waals surface area contributed by atoms with Crippen LogP contribution in [0, 0.1) is 5.92 Å². The molecule has 5 nitrogen and oxygen atoms in total. The number of nitrogens with zero attached hydrogens (tertiary/aromatic N) is 3. The standard InChI is InChI=1S/C55H39N3O2/c1-34-23-28-46(35-13-4-2-5-14-35)56-55(57-54(34)38-24-27-42-41-18-9-11-21-49(41)60-52(42)33-38)43-19-12-22-51-53(43)45-32-37(26-30-50(45)59-51)36-25-29-48-44(31-36)40-17-8-10-20-47(40)58(48)39-15-6-3-7-16-39/h2-22,24-27,29-34,54H,23,28H2,1H3. The Morgan fingerprint density at radius 3 is 2.03 bits per heavy atom. The van der Waals surface area contributed by atoms with Crippen molar-refractivity contribution in [3.8, 4) is 16.8 Å². The highest BCUT2D eigenvalue weighted by atomic mass is 16.3. The zero-order chi connectivity index (χ0) is 39.7. The summed E-state index contributed by atoms with van der Waals surface area (Å²) in [5, 5.41) is 6.76. The molecule has 0 bridgehead atoms. The van der Waals surface area contributed by atoms with Crippen LogP contribution in [0.3, 0.4) is 0 Å². The highest BCUT2D eigenvalue weighted by Gasteiger charge is 2.26. The van der Waals surface area contributed by atoms with Crippen LogP contribution < -0.4 is 0 Å². The molecule has 1 aliphatic rings. The Morgan fingerprint density at radius 2 is 1.17 bits per heavy atom. The third-order valence-electron chi connectivity index (χ3n) is 12.5. The molecular formula is C55H39N3O2. The number of para-hydroxylation sites is 3. The van der Waals surface area contributed by atoms with E-state index < -0.39 is 0 Å². The monoisotopic (exact) mass is 773 g/mol. The number of amidine groups is 1. The Balaban J connectivity index is 1.04. The van der Waals surface area contributed by atoms with Crippen molar-refractivity contribution in [3.05, 3.63) is 199 Å². The molecule has 11 aromatic rings. The maximum absolute atomic E-state index is 6.61. The molecule has 286 valence electrons. The number of aromatic nitrogens is 1. The Kier molecular flexibility index (Phi) is 7.95. The molecule has 60 heavy (non-hydrogen) atoms. The van der Waals surface area contributed by atoms with Gasteiger partial charge in [-0.15, -0.1) is 0 Å². The highest BCUT2D eigenvalue weighted by molar-refractivity contribution is 6.22. The number of benzene rings is 8. The molecular weight excluding hydrogens is 735 g/mol. The van der Waals surface area contributed by atoms with E-state index in [9.17, 15) is 0 Å². The summed E-state index contributed by atoms with van der Waals surface area (Å²) in [7, 11) is 0. The van der Waals surface area contributed by atoms with Gasteiger partial charge in [0.25, 0.3) is 0 Å². The normalized spacial score (nSPS) is 16.1. The third-order valence-corrected chi connectivity index (χ3v) is 12.5. The van der Waals surface area contributed by atoms with Crippen molar-refractivity contribution in [2.24, 2.45) is 15.9 Å². The van der Waals surface area contributed by atoms with Crippen LogP contribution >= 0.6 is 0 Å². The minimum atomic E-state index is -0.132. The van der Waals surface area contributed by atoms with Gasteiger partial charge < -0.3 is 13.4 Å². The SMILES string of the molecule is CC1CCC(c2ccccc2)=NC(c2cccc3oc4ccc(-c5ccc6c(c5)c5ccccc5n6-c5ccccc5)cc4c23)=NC1c1ccc2c(c1)oc1ccccc12. The van der Waals surface area contributed by atoms with Gasteiger partial charge in [-0.3, -0.25) is 4.99 Å². The second-order valence-electron chi connectivity index (χ2n) is 16.1. The average molecular weight is 774 g/mol. The van der Waals surface area contributed by atoms with Gasteiger partial charge in [0.05, 0.1) is 22.8 Å². The minimum Gasteiger partial charge on any atom is -0.456 e.